The van der Waals surface area contributed by atoms with E-state index in [1.807, 2.05) is 0 Å². The van der Waals surface area contributed by atoms with Crippen LogP contribution in [0.15, 0.2) is 72.8 Å². The van der Waals surface area contributed by atoms with Crippen LogP contribution in [0.2, 0.25) is 0 Å². The van der Waals surface area contributed by atoms with E-state index in [1.165, 1.54) is 0 Å². The van der Waals surface area contributed by atoms with E-state index >= 15 is 0 Å². The van der Waals surface area contributed by atoms with Gasteiger partial charge in [0.15, 0.2) is 0 Å². The summed E-state index contributed by atoms with van der Waals surface area (Å²) in [6, 6.07) is -8.37. The number of benzene rings is 4. The van der Waals surface area contributed by atoms with Gasteiger partial charge in [-0.1, -0.05) is 48.5 Å². The Morgan fingerprint density at radius 3 is 0.397 bits per heavy atom. The van der Waals surface area contributed by atoms with Crippen molar-refractivity contribution in [2.75, 3.05) is 0 Å². The van der Waals surface area contributed by atoms with Gasteiger partial charge in [0.05, 0.1) is 44.5 Å². The minimum atomic E-state index is -7.69. The average molecular weight is 902 g/mol. The molecule has 0 nitrogen and oxygen atoms in total. The molecule has 0 heterocycles. The molecule has 0 amide bonds. The van der Waals surface area contributed by atoms with Gasteiger partial charge in [-0.05, 0) is 24.3 Å². The summed E-state index contributed by atoms with van der Waals surface area (Å²) in [5, 5.41) is 0. The molecule has 0 spiro atoms. The minimum absolute atomic E-state index is 0. The molecule has 312 valence electrons. The average Bonchev–Trinajstić information content (AvgIpc) is 3.01. The van der Waals surface area contributed by atoms with Gasteiger partial charge in [0, 0.05) is 0 Å². The van der Waals surface area contributed by atoms with E-state index in [2.05, 4.69) is 0 Å². The van der Waals surface area contributed by atoms with Gasteiger partial charge in [-0.25, -0.2) is 17.7 Å². The Morgan fingerprint density at radius 2 is 0.310 bits per heavy atom. The minimum Gasteiger partial charge on any atom is -0.217 e. The summed E-state index contributed by atoms with van der Waals surface area (Å²) in [6.07, 6.45) is -48.9. The van der Waals surface area contributed by atoms with Gasteiger partial charge in [0.1, 0.15) is 0 Å². The zero-order valence-corrected chi connectivity index (χ0v) is 30.7. The van der Waals surface area contributed by atoms with E-state index in [9.17, 15) is 105 Å². The van der Waals surface area contributed by atoms with Crippen LogP contribution in [-0.2, 0) is 49.4 Å². The number of alkyl halides is 24. The summed E-state index contributed by atoms with van der Waals surface area (Å²) in [7, 11) is 0. The first-order valence-electron chi connectivity index (χ1n) is 14.6. The van der Waals surface area contributed by atoms with Crippen molar-refractivity contribution in [3.05, 3.63) is 117 Å². The third-order valence-electron chi connectivity index (χ3n) is 8.44. The van der Waals surface area contributed by atoms with Crippen LogP contribution in [0.4, 0.5) is 105 Å². The summed E-state index contributed by atoms with van der Waals surface area (Å²) in [4.78, 5) is 0. The molecule has 0 N–H and O–H groups in total. The van der Waals surface area contributed by atoms with Gasteiger partial charge in [-0.15, -0.1) is 0 Å². The predicted octanol–water partition coefficient (Wildman–Crippen LogP) is 8.22. The van der Waals surface area contributed by atoms with Gasteiger partial charge in [0.2, 0.25) is 0 Å². The molecule has 0 aliphatic carbocycles. The van der Waals surface area contributed by atoms with Crippen molar-refractivity contribution in [1.29, 1.82) is 0 Å². The molecular formula is C32H12AlF24Na. The van der Waals surface area contributed by atoms with Crippen molar-refractivity contribution in [2.45, 2.75) is 49.4 Å². The predicted molar refractivity (Wildman–Crippen MR) is 150 cm³/mol. The number of halogens is 24. The normalized spacial score (nSPS) is 14.1. The van der Waals surface area contributed by atoms with Crippen LogP contribution in [0, 0.1) is 0 Å². The molecule has 0 fully saturated rings. The van der Waals surface area contributed by atoms with Crippen LogP contribution in [0.5, 0.6) is 0 Å². The van der Waals surface area contributed by atoms with Gasteiger partial charge >= 0.3 is 79.0 Å². The first-order chi connectivity index (χ1) is 25.3. The Morgan fingerprint density at radius 1 is 0.207 bits per heavy atom. The topological polar surface area (TPSA) is 0 Å². The van der Waals surface area contributed by atoms with Crippen LogP contribution in [-0.4, -0.2) is 13.1 Å². The molecule has 0 bridgehead atoms. The van der Waals surface area contributed by atoms with E-state index in [1.54, 1.807) is 0 Å². The Hall–Kier alpha value is -3.27. The largest absolute Gasteiger partial charge is 1.00 e. The first-order valence-corrected chi connectivity index (χ1v) is 16.9. The van der Waals surface area contributed by atoms with Crippen molar-refractivity contribution in [3.63, 3.8) is 0 Å². The molecule has 0 aliphatic rings. The van der Waals surface area contributed by atoms with Crippen molar-refractivity contribution in [1.82, 2.24) is 0 Å². The molecule has 0 atom stereocenters. The SMILES string of the molecule is FC(F)(F)c1cc(C(F)(F)F)c[c]([Al-]([c]2cc(C(F)(F)F)cc(C(F)(F)F)c2)([c]2cc(C(F)(F)F)cc(C(F)(F)F)c2)[c]2cc(C(F)(F)F)cc(C(F)(F)F)c2)c1.[Na+]. The molecule has 4 aromatic rings. The van der Waals surface area contributed by atoms with Gasteiger partial charge in [-0.3, -0.25) is 0 Å². The van der Waals surface area contributed by atoms with Crippen LogP contribution >= 0.6 is 0 Å². The van der Waals surface area contributed by atoms with Gasteiger partial charge in [0.25, 0.3) is 13.1 Å². The van der Waals surface area contributed by atoms with Crippen molar-refractivity contribution in [2.24, 2.45) is 0 Å². The van der Waals surface area contributed by atoms with Crippen molar-refractivity contribution >= 4 is 30.8 Å². The van der Waals surface area contributed by atoms with E-state index < -0.39 is 197 Å². The standard InChI is InChI=1S/4C8H3F6.Al.Na/c4*9-7(10,11)5-2-1-3-6(4-5)8(12,13)14;;/h4*2-4H;;/q;;;;-1;+1. The third-order valence-corrected chi connectivity index (χ3v) is 13.8. The van der Waals surface area contributed by atoms with Crippen molar-refractivity contribution in [3.8, 4) is 0 Å². The molecule has 0 aliphatic heterocycles. The van der Waals surface area contributed by atoms with Crippen LogP contribution < -0.4 is 47.3 Å². The fourth-order valence-electron chi connectivity index (χ4n) is 6.07. The molecule has 0 unspecified atom stereocenters. The Balaban J connectivity index is 0.00000900. The Kier molecular flexibility index (Phi) is 13.0. The van der Waals surface area contributed by atoms with E-state index in [0.717, 1.165) is 0 Å². The summed E-state index contributed by atoms with van der Waals surface area (Å²) in [5.74, 6) is 0. The quantitative estimate of drug-likeness (QED) is 0.143. The molecule has 0 saturated carbocycles. The smallest absolute Gasteiger partial charge is 0.217 e. The van der Waals surface area contributed by atoms with E-state index in [0.29, 0.717) is 0 Å². The first kappa shape index (κ1) is 49.1. The molecular weight excluding hydrogens is 890 g/mol. The van der Waals surface area contributed by atoms with E-state index in [4.69, 9.17) is 0 Å². The van der Waals surface area contributed by atoms with Crippen LogP contribution in [0.25, 0.3) is 0 Å². The van der Waals surface area contributed by atoms with Gasteiger partial charge in [-0.2, -0.15) is 105 Å². The second kappa shape index (κ2) is 15.3. The fourth-order valence-corrected chi connectivity index (χ4v) is 11.8. The van der Waals surface area contributed by atoms with Crippen LogP contribution in [0.3, 0.4) is 0 Å². The summed E-state index contributed by atoms with van der Waals surface area (Å²) in [5.41, 5.74) is -21.1. The summed E-state index contributed by atoms with van der Waals surface area (Å²) < 4.78 is 333. The summed E-state index contributed by atoms with van der Waals surface area (Å²) in [6.45, 7) is 0. The molecule has 4 rings (SSSR count). The second-order valence-electron chi connectivity index (χ2n) is 12.2. The molecule has 0 radical (unpaired) electrons. The maximum absolute atomic E-state index is 14.2. The zero-order chi connectivity index (χ0) is 43.9. The van der Waals surface area contributed by atoms with E-state index in [-0.39, 0.29) is 29.6 Å². The monoisotopic (exact) mass is 902 g/mol. The van der Waals surface area contributed by atoms with Crippen molar-refractivity contribution < 1.29 is 135 Å². The Bertz CT molecular complexity index is 1700. The molecule has 0 saturated heterocycles. The molecule has 26 heteroatoms. The molecule has 0 aromatic heterocycles. The fraction of sp³-hybridized carbons (Fsp3) is 0.250. The van der Waals surface area contributed by atoms with Gasteiger partial charge < -0.3 is 0 Å². The number of rotatable bonds is 4. The maximum atomic E-state index is 14.2. The number of hydrogen-bond donors (Lipinski definition) is 0. The zero-order valence-electron chi connectivity index (χ0n) is 27.6. The maximum Gasteiger partial charge on any atom is 1.00 e. The molecule has 4 aromatic carbocycles. The van der Waals surface area contributed by atoms with Crippen LogP contribution in [0.1, 0.15) is 44.5 Å². The summed E-state index contributed by atoms with van der Waals surface area (Å²) >= 11 is -7.69. The molecule has 58 heavy (non-hydrogen) atoms. The number of hydrogen-bond acceptors (Lipinski definition) is 0. The third kappa shape index (κ3) is 10.4. The Labute approximate surface area is 331 Å². The second-order valence-corrected chi connectivity index (χ2v) is 16.6.